The van der Waals surface area contributed by atoms with Gasteiger partial charge in [-0.25, -0.2) is 4.98 Å². The van der Waals surface area contributed by atoms with E-state index in [1.165, 1.54) is 0 Å². The second-order valence-electron chi connectivity index (χ2n) is 6.52. The summed E-state index contributed by atoms with van der Waals surface area (Å²) in [6.45, 7) is 0. The Labute approximate surface area is 175 Å². The van der Waals surface area contributed by atoms with E-state index in [2.05, 4.69) is 20.5 Å². The normalized spacial score (nSPS) is 11.0. The molecule has 0 saturated heterocycles. The standard InChI is InChI=1S/C22H14ClN5O2/c23-15-6-3-5-14(11-15)21(29)25-16-7-4-8-17(12-16)30-22-20-27-24-13-28(20)19-10-2-1-9-18(19)26-22/h1-13H,(H,25,29). The fourth-order valence-electron chi connectivity index (χ4n) is 3.13. The van der Waals surface area contributed by atoms with Crippen LogP contribution >= 0.6 is 11.6 Å². The van der Waals surface area contributed by atoms with E-state index in [0.717, 1.165) is 11.0 Å². The average Bonchev–Trinajstić information content (AvgIpc) is 3.25. The van der Waals surface area contributed by atoms with Crippen LogP contribution in [0, 0.1) is 0 Å². The van der Waals surface area contributed by atoms with Crippen LogP contribution in [0.1, 0.15) is 10.4 Å². The molecule has 146 valence electrons. The Bertz CT molecular complexity index is 1400. The number of carbonyl (C=O) groups is 1. The van der Waals surface area contributed by atoms with Gasteiger partial charge in [0.1, 0.15) is 12.1 Å². The Kier molecular flexibility index (Phi) is 4.49. The number of hydrogen-bond acceptors (Lipinski definition) is 5. The van der Waals surface area contributed by atoms with Gasteiger partial charge in [0.2, 0.25) is 5.65 Å². The number of anilines is 1. The van der Waals surface area contributed by atoms with Crippen molar-refractivity contribution in [2.45, 2.75) is 0 Å². The number of para-hydroxylation sites is 2. The predicted octanol–water partition coefficient (Wildman–Crippen LogP) is 4.98. The van der Waals surface area contributed by atoms with E-state index in [9.17, 15) is 4.79 Å². The zero-order chi connectivity index (χ0) is 20.5. The molecule has 0 radical (unpaired) electrons. The average molecular weight is 416 g/mol. The number of benzene rings is 3. The van der Waals surface area contributed by atoms with E-state index in [-0.39, 0.29) is 5.91 Å². The van der Waals surface area contributed by atoms with E-state index in [1.54, 1.807) is 54.9 Å². The lowest BCUT2D eigenvalue weighted by Crippen LogP contribution is -2.11. The number of fused-ring (bicyclic) bond motifs is 3. The van der Waals surface area contributed by atoms with E-state index in [1.807, 2.05) is 28.7 Å². The molecule has 0 atom stereocenters. The Balaban J connectivity index is 1.45. The molecule has 1 N–H and O–H groups in total. The summed E-state index contributed by atoms with van der Waals surface area (Å²) in [4.78, 5) is 17.0. The van der Waals surface area contributed by atoms with Crippen molar-refractivity contribution in [1.82, 2.24) is 19.6 Å². The molecule has 0 aliphatic carbocycles. The Hall–Kier alpha value is -3.97. The molecule has 1 amide bonds. The van der Waals surface area contributed by atoms with Crippen molar-refractivity contribution in [3.05, 3.63) is 89.7 Å². The molecule has 30 heavy (non-hydrogen) atoms. The second kappa shape index (κ2) is 7.46. The van der Waals surface area contributed by atoms with Crippen molar-refractivity contribution in [2.24, 2.45) is 0 Å². The summed E-state index contributed by atoms with van der Waals surface area (Å²) in [6.07, 6.45) is 1.62. The van der Waals surface area contributed by atoms with Crippen LogP contribution in [0.15, 0.2) is 79.1 Å². The van der Waals surface area contributed by atoms with E-state index < -0.39 is 0 Å². The van der Waals surface area contributed by atoms with Gasteiger partial charge in [-0.2, -0.15) is 0 Å². The molecular weight excluding hydrogens is 402 g/mol. The highest BCUT2D eigenvalue weighted by atomic mass is 35.5. The highest BCUT2D eigenvalue weighted by Gasteiger charge is 2.13. The molecule has 0 aliphatic rings. The van der Waals surface area contributed by atoms with E-state index in [0.29, 0.717) is 33.6 Å². The first-order valence-electron chi connectivity index (χ1n) is 9.11. The number of rotatable bonds is 4. The maximum atomic E-state index is 12.5. The summed E-state index contributed by atoms with van der Waals surface area (Å²) in [7, 11) is 0. The lowest BCUT2D eigenvalue weighted by Gasteiger charge is -2.10. The van der Waals surface area contributed by atoms with Crippen LogP contribution in [0.4, 0.5) is 5.69 Å². The van der Waals surface area contributed by atoms with Gasteiger partial charge >= 0.3 is 0 Å². The molecule has 0 unspecified atom stereocenters. The third-order valence-electron chi connectivity index (χ3n) is 4.50. The largest absolute Gasteiger partial charge is 0.436 e. The molecule has 5 aromatic rings. The van der Waals surface area contributed by atoms with Crippen LogP contribution in [0.2, 0.25) is 5.02 Å². The summed E-state index contributed by atoms with van der Waals surface area (Å²) >= 11 is 5.97. The summed E-state index contributed by atoms with van der Waals surface area (Å²) < 4.78 is 7.82. The highest BCUT2D eigenvalue weighted by Crippen LogP contribution is 2.28. The van der Waals surface area contributed by atoms with Crippen LogP contribution in [0.5, 0.6) is 11.6 Å². The van der Waals surface area contributed by atoms with Crippen molar-refractivity contribution in [1.29, 1.82) is 0 Å². The lowest BCUT2D eigenvalue weighted by atomic mass is 10.2. The van der Waals surface area contributed by atoms with Gasteiger partial charge in [-0.05, 0) is 42.5 Å². The summed E-state index contributed by atoms with van der Waals surface area (Å²) in [5, 5.41) is 11.4. The van der Waals surface area contributed by atoms with Gasteiger partial charge in [0, 0.05) is 22.3 Å². The number of hydrogen-bond donors (Lipinski definition) is 1. The first-order chi connectivity index (χ1) is 14.7. The molecule has 2 heterocycles. The quantitative estimate of drug-likeness (QED) is 0.448. The van der Waals surface area contributed by atoms with E-state index in [4.69, 9.17) is 16.3 Å². The molecular formula is C22H14ClN5O2. The molecule has 0 spiro atoms. The van der Waals surface area contributed by atoms with Crippen LogP contribution < -0.4 is 10.1 Å². The van der Waals surface area contributed by atoms with Gasteiger partial charge in [0.25, 0.3) is 11.8 Å². The number of ether oxygens (including phenoxy) is 1. The Morgan fingerprint density at radius 1 is 1.00 bits per heavy atom. The minimum absolute atomic E-state index is 0.265. The van der Waals surface area contributed by atoms with Gasteiger partial charge in [-0.15, -0.1) is 10.2 Å². The van der Waals surface area contributed by atoms with Crippen molar-refractivity contribution < 1.29 is 9.53 Å². The fraction of sp³-hybridized carbons (Fsp3) is 0. The van der Waals surface area contributed by atoms with Gasteiger partial charge < -0.3 is 10.1 Å². The SMILES string of the molecule is O=C(Nc1cccc(Oc2nc3ccccc3n3cnnc23)c1)c1cccc(Cl)c1. The summed E-state index contributed by atoms with van der Waals surface area (Å²) in [5.41, 5.74) is 3.19. The Morgan fingerprint density at radius 2 is 1.87 bits per heavy atom. The highest BCUT2D eigenvalue weighted by molar-refractivity contribution is 6.31. The minimum atomic E-state index is -0.265. The van der Waals surface area contributed by atoms with E-state index >= 15 is 0 Å². The van der Waals surface area contributed by atoms with Gasteiger partial charge in [-0.3, -0.25) is 9.20 Å². The molecule has 2 aromatic heterocycles. The van der Waals surface area contributed by atoms with Crippen molar-refractivity contribution in [3.63, 3.8) is 0 Å². The Morgan fingerprint density at radius 3 is 2.77 bits per heavy atom. The predicted molar refractivity (Wildman–Crippen MR) is 114 cm³/mol. The molecule has 3 aromatic carbocycles. The first-order valence-corrected chi connectivity index (χ1v) is 9.48. The number of halogens is 1. The van der Waals surface area contributed by atoms with Crippen molar-refractivity contribution >= 4 is 39.9 Å². The molecule has 0 aliphatic heterocycles. The van der Waals surface area contributed by atoms with Gasteiger partial charge in [0.05, 0.1) is 11.0 Å². The third-order valence-corrected chi connectivity index (χ3v) is 4.73. The number of aromatic nitrogens is 4. The zero-order valence-corrected chi connectivity index (χ0v) is 16.2. The van der Waals surface area contributed by atoms with Crippen LogP contribution in [0.25, 0.3) is 16.7 Å². The van der Waals surface area contributed by atoms with Gasteiger partial charge in [-0.1, -0.05) is 35.9 Å². The smallest absolute Gasteiger partial charge is 0.266 e. The topological polar surface area (TPSA) is 81.4 Å². The number of nitrogens with one attached hydrogen (secondary N) is 1. The molecule has 7 nitrogen and oxygen atoms in total. The zero-order valence-electron chi connectivity index (χ0n) is 15.5. The molecule has 0 fully saturated rings. The summed E-state index contributed by atoms with van der Waals surface area (Å²) in [5.74, 6) is 0.564. The lowest BCUT2D eigenvalue weighted by molar-refractivity contribution is 0.102. The summed E-state index contributed by atoms with van der Waals surface area (Å²) in [6, 6.07) is 21.5. The molecule has 0 saturated carbocycles. The first kappa shape index (κ1) is 18.1. The van der Waals surface area contributed by atoms with Crippen molar-refractivity contribution in [2.75, 3.05) is 5.32 Å². The molecule has 5 rings (SSSR count). The molecule has 8 heteroatoms. The van der Waals surface area contributed by atoms with Gasteiger partial charge in [0.15, 0.2) is 0 Å². The molecule has 0 bridgehead atoms. The van der Waals surface area contributed by atoms with Crippen LogP contribution in [-0.2, 0) is 0 Å². The number of carbonyl (C=O) groups excluding carboxylic acids is 1. The van der Waals surface area contributed by atoms with Crippen molar-refractivity contribution in [3.8, 4) is 11.6 Å². The second-order valence-corrected chi connectivity index (χ2v) is 6.96. The maximum absolute atomic E-state index is 12.5. The number of nitrogens with zero attached hydrogens (tertiary/aromatic N) is 4. The minimum Gasteiger partial charge on any atom is -0.436 e. The fourth-order valence-corrected chi connectivity index (χ4v) is 3.32. The monoisotopic (exact) mass is 415 g/mol. The van der Waals surface area contributed by atoms with Crippen LogP contribution in [-0.4, -0.2) is 25.5 Å². The van der Waals surface area contributed by atoms with Crippen LogP contribution in [0.3, 0.4) is 0 Å². The number of amides is 1. The maximum Gasteiger partial charge on any atom is 0.266 e. The third kappa shape index (κ3) is 3.42.